The first-order valence-corrected chi connectivity index (χ1v) is 8.43. The van der Waals surface area contributed by atoms with Crippen LogP contribution >= 0.6 is 0 Å². The van der Waals surface area contributed by atoms with E-state index in [9.17, 15) is 0 Å². The molecule has 20 heavy (non-hydrogen) atoms. The highest BCUT2D eigenvalue weighted by atomic mass is 15.2. The second-order valence-corrected chi connectivity index (χ2v) is 6.05. The summed E-state index contributed by atoms with van der Waals surface area (Å²) >= 11 is 0. The number of hydrogen-bond donors (Lipinski definition) is 2. The first-order chi connectivity index (χ1) is 9.76. The molecule has 0 aromatic rings. The second kappa shape index (κ2) is 11.0. The Bertz CT molecular complexity index is 259. The van der Waals surface area contributed by atoms with Crippen molar-refractivity contribution in [2.24, 2.45) is 10.9 Å². The monoisotopic (exact) mass is 282 g/mol. The number of rotatable bonds is 9. The lowest BCUT2D eigenvalue weighted by Crippen LogP contribution is -2.41. The third-order valence-electron chi connectivity index (χ3n) is 3.93. The van der Waals surface area contributed by atoms with E-state index >= 15 is 0 Å². The van der Waals surface area contributed by atoms with Crippen molar-refractivity contribution in [3.05, 3.63) is 0 Å². The van der Waals surface area contributed by atoms with Crippen LogP contribution < -0.4 is 10.6 Å². The van der Waals surface area contributed by atoms with Crippen LogP contribution in [0.1, 0.15) is 52.4 Å². The van der Waals surface area contributed by atoms with Crippen molar-refractivity contribution in [3.8, 4) is 0 Å². The van der Waals surface area contributed by atoms with E-state index in [-0.39, 0.29) is 0 Å². The van der Waals surface area contributed by atoms with E-state index in [1.54, 1.807) is 0 Å². The molecule has 118 valence electrons. The minimum Gasteiger partial charge on any atom is -0.356 e. The van der Waals surface area contributed by atoms with E-state index in [1.807, 2.05) is 7.05 Å². The van der Waals surface area contributed by atoms with Crippen LogP contribution in [0.5, 0.6) is 0 Å². The van der Waals surface area contributed by atoms with Gasteiger partial charge in [0, 0.05) is 26.7 Å². The Labute approximate surface area is 125 Å². The summed E-state index contributed by atoms with van der Waals surface area (Å²) in [5.74, 6) is 1.63. The molecule has 1 fully saturated rings. The Morgan fingerprint density at radius 1 is 1.15 bits per heavy atom. The second-order valence-electron chi connectivity index (χ2n) is 6.05. The van der Waals surface area contributed by atoms with Crippen molar-refractivity contribution >= 4 is 5.96 Å². The van der Waals surface area contributed by atoms with Crippen LogP contribution in [0.3, 0.4) is 0 Å². The predicted octanol–water partition coefficient (Wildman–Crippen LogP) is 2.46. The lowest BCUT2D eigenvalue weighted by molar-refractivity contribution is 0.287. The third kappa shape index (κ3) is 7.73. The lowest BCUT2D eigenvalue weighted by atomic mass is 10.1. The Hall–Kier alpha value is -0.770. The molecule has 0 aliphatic carbocycles. The smallest absolute Gasteiger partial charge is 0.190 e. The molecule has 1 unspecified atom stereocenters. The standard InChI is InChI=1S/C16H34N4/c1-4-5-6-7-10-18-16(17-3)19-13-15(2)14-20-11-8-9-12-20/h15H,4-14H2,1-3H3,(H2,17,18,19). The first-order valence-electron chi connectivity index (χ1n) is 8.43. The summed E-state index contributed by atoms with van der Waals surface area (Å²) in [4.78, 5) is 6.87. The molecule has 2 N–H and O–H groups in total. The Morgan fingerprint density at radius 3 is 2.55 bits per heavy atom. The van der Waals surface area contributed by atoms with Crippen molar-refractivity contribution in [2.75, 3.05) is 39.8 Å². The van der Waals surface area contributed by atoms with Gasteiger partial charge in [0.15, 0.2) is 5.96 Å². The maximum Gasteiger partial charge on any atom is 0.190 e. The Balaban J connectivity index is 2.07. The molecule has 4 nitrogen and oxygen atoms in total. The number of likely N-dealkylation sites (tertiary alicyclic amines) is 1. The van der Waals surface area contributed by atoms with Gasteiger partial charge < -0.3 is 15.5 Å². The fourth-order valence-electron chi connectivity index (χ4n) is 2.72. The highest BCUT2D eigenvalue weighted by Crippen LogP contribution is 2.09. The van der Waals surface area contributed by atoms with Gasteiger partial charge >= 0.3 is 0 Å². The minimum atomic E-state index is 0.673. The average molecular weight is 282 g/mol. The highest BCUT2D eigenvalue weighted by molar-refractivity contribution is 5.79. The molecule has 0 saturated carbocycles. The minimum absolute atomic E-state index is 0.673. The Kier molecular flexibility index (Phi) is 9.46. The van der Waals surface area contributed by atoms with Crippen LogP contribution in [0.2, 0.25) is 0 Å². The van der Waals surface area contributed by atoms with Gasteiger partial charge in [0.05, 0.1) is 0 Å². The molecule has 1 atom stereocenters. The normalized spacial score (nSPS) is 18.2. The van der Waals surface area contributed by atoms with Crippen molar-refractivity contribution in [1.29, 1.82) is 0 Å². The van der Waals surface area contributed by atoms with Crippen LogP contribution in [0, 0.1) is 5.92 Å². The van der Waals surface area contributed by atoms with E-state index in [1.165, 1.54) is 58.2 Å². The van der Waals surface area contributed by atoms with Crippen LogP contribution in [-0.2, 0) is 0 Å². The van der Waals surface area contributed by atoms with Crippen molar-refractivity contribution in [3.63, 3.8) is 0 Å². The van der Waals surface area contributed by atoms with Gasteiger partial charge in [-0.3, -0.25) is 4.99 Å². The molecule has 0 amide bonds. The van der Waals surface area contributed by atoms with Crippen LogP contribution in [0.25, 0.3) is 0 Å². The molecule has 1 rings (SSSR count). The topological polar surface area (TPSA) is 39.7 Å². The fraction of sp³-hybridized carbons (Fsp3) is 0.938. The molecule has 0 aromatic heterocycles. The van der Waals surface area contributed by atoms with E-state index in [4.69, 9.17) is 0 Å². The van der Waals surface area contributed by atoms with Crippen molar-refractivity contribution in [1.82, 2.24) is 15.5 Å². The zero-order valence-electron chi connectivity index (χ0n) is 13.7. The maximum atomic E-state index is 4.29. The van der Waals surface area contributed by atoms with Crippen LogP contribution in [0.15, 0.2) is 4.99 Å². The molecule has 0 aromatic carbocycles. The van der Waals surface area contributed by atoms with Crippen LogP contribution in [0.4, 0.5) is 0 Å². The molecule has 1 aliphatic heterocycles. The molecule has 1 saturated heterocycles. The van der Waals surface area contributed by atoms with E-state index in [0.29, 0.717) is 5.92 Å². The van der Waals surface area contributed by atoms with Gasteiger partial charge in [-0.25, -0.2) is 0 Å². The van der Waals surface area contributed by atoms with Crippen molar-refractivity contribution < 1.29 is 0 Å². The number of guanidine groups is 1. The molecular formula is C16H34N4. The molecular weight excluding hydrogens is 248 g/mol. The number of aliphatic imine (C=N–C) groups is 1. The SMILES string of the molecule is CCCCCCNC(=NC)NCC(C)CN1CCCC1. The first kappa shape index (κ1) is 17.3. The maximum absolute atomic E-state index is 4.29. The summed E-state index contributed by atoms with van der Waals surface area (Å²) < 4.78 is 0. The summed E-state index contributed by atoms with van der Waals surface area (Å²) in [5, 5.41) is 6.85. The van der Waals surface area contributed by atoms with E-state index < -0.39 is 0 Å². The summed E-state index contributed by atoms with van der Waals surface area (Å²) in [5.41, 5.74) is 0. The van der Waals surface area contributed by atoms with Gasteiger partial charge in [-0.15, -0.1) is 0 Å². The molecule has 0 bridgehead atoms. The van der Waals surface area contributed by atoms with Gasteiger partial charge in [0.1, 0.15) is 0 Å². The van der Waals surface area contributed by atoms with Gasteiger partial charge in [-0.05, 0) is 38.3 Å². The van der Waals surface area contributed by atoms with Gasteiger partial charge in [0.25, 0.3) is 0 Å². The van der Waals surface area contributed by atoms with Gasteiger partial charge in [0.2, 0.25) is 0 Å². The zero-order chi connectivity index (χ0) is 14.6. The summed E-state index contributed by atoms with van der Waals surface area (Å²) in [6.07, 6.45) is 7.92. The van der Waals surface area contributed by atoms with E-state index in [2.05, 4.69) is 34.4 Å². The highest BCUT2D eigenvalue weighted by Gasteiger charge is 2.14. The van der Waals surface area contributed by atoms with Crippen molar-refractivity contribution in [2.45, 2.75) is 52.4 Å². The number of unbranched alkanes of at least 4 members (excludes halogenated alkanes) is 3. The summed E-state index contributed by atoms with van der Waals surface area (Å²) in [6, 6.07) is 0. The molecule has 1 aliphatic rings. The zero-order valence-corrected chi connectivity index (χ0v) is 13.7. The number of nitrogens with zero attached hydrogens (tertiary/aromatic N) is 2. The van der Waals surface area contributed by atoms with Crippen LogP contribution in [-0.4, -0.2) is 50.6 Å². The number of nitrogens with one attached hydrogen (secondary N) is 2. The van der Waals surface area contributed by atoms with Gasteiger partial charge in [-0.2, -0.15) is 0 Å². The molecule has 4 heteroatoms. The van der Waals surface area contributed by atoms with E-state index in [0.717, 1.165) is 19.0 Å². The predicted molar refractivity (Wildman–Crippen MR) is 88.3 cm³/mol. The average Bonchev–Trinajstić information content (AvgIpc) is 2.94. The number of hydrogen-bond acceptors (Lipinski definition) is 2. The third-order valence-corrected chi connectivity index (χ3v) is 3.93. The summed E-state index contributed by atoms with van der Waals surface area (Å²) in [6.45, 7) is 10.4. The molecule has 1 heterocycles. The largest absolute Gasteiger partial charge is 0.356 e. The molecule has 0 spiro atoms. The lowest BCUT2D eigenvalue weighted by Gasteiger charge is -2.21. The summed E-state index contributed by atoms with van der Waals surface area (Å²) in [7, 11) is 1.85. The fourth-order valence-corrected chi connectivity index (χ4v) is 2.72. The van der Waals surface area contributed by atoms with Gasteiger partial charge in [-0.1, -0.05) is 33.1 Å². The molecule has 0 radical (unpaired) electrons. The quantitative estimate of drug-likeness (QED) is 0.388. The Morgan fingerprint density at radius 2 is 1.90 bits per heavy atom.